The number of halogens is 1. The molecule has 0 aromatic heterocycles. The van der Waals surface area contributed by atoms with Crippen LogP contribution in [-0.2, 0) is 0 Å². The van der Waals surface area contributed by atoms with Crippen LogP contribution >= 0.6 is 15.9 Å². The number of likely N-dealkylation sites (tertiary alicyclic amines) is 1. The Morgan fingerprint density at radius 2 is 2.33 bits per heavy atom. The van der Waals surface area contributed by atoms with Gasteiger partial charge in [0, 0.05) is 17.9 Å². The minimum absolute atomic E-state index is 0.203. The molecule has 2 unspecified atom stereocenters. The van der Waals surface area contributed by atoms with E-state index in [-0.39, 0.29) is 6.10 Å². The summed E-state index contributed by atoms with van der Waals surface area (Å²) >= 11 is 3.28. The van der Waals surface area contributed by atoms with E-state index in [0.29, 0.717) is 11.4 Å². The standard InChI is InChI=1S/C9H18BrNO/c1-8-4-2-3-5-11(8)7-9(12)6-10/h8-9,12H,2-7H2,1H3. The van der Waals surface area contributed by atoms with Crippen LogP contribution in [0.15, 0.2) is 0 Å². The zero-order valence-electron chi connectivity index (χ0n) is 7.67. The molecule has 0 saturated carbocycles. The smallest absolute Gasteiger partial charge is 0.0763 e. The molecule has 72 valence electrons. The molecule has 2 nitrogen and oxygen atoms in total. The Morgan fingerprint density at radius 1 is 1.58 bits per heavy atom. The lowest BCUT2D eigenvalue weighted by molar-refractivity contribution is 0.0861. The number of nitrogens with zero attached hydrogens (tertiary/aromatic N) is 1. The fourth-order valence-corrected chi connectivity index (χ4v) is 1.95. The molecule has 1 N–H and O–H groups in total. The molecule has 0 amide bonds. The van der Waals surface area contributed by atoms with E-state index < -0.39 is 0 Å². The number of piperidine rings is 1. The molecule has 2 atom stereocenters. The molecule has 0 aromatic rings. The summed E-state index contributed by atoms with van der Waals surface area (Å²) in [6.07, 6.45) is 3.72. The van der Waals surface area contributed by atoms with Crippen LogP contribution in [0.4, 0.5) is 0 Å². The van der Waals surface area contributed by atoms with Gasteiger partial charge in [-0.2, -0.15) is 0 Å². The monoisotopic (exact) mass is 235 g/mol. The first-order valence-electron chi connectivity index (χ1n) is 4.72. The maximum Gasteiger partial charge on any atom is 0.0763 e. The summed E-state index contributed by atoms with van der Waals surface area (Å²) < 4.78 is 0. The molecule has 0 bridgehead atoms. The van der Waals surface area contributed by atoms with Crippen LogP contribution in [0.3, 0.4) is 0 Å². The van der Waals surface area contributed by atoms with E-state index in [4.69, 9.17) is 0 Å². The van der Waals surface area contributed by atoms with Crippen molar-refractivity contribution in [2.24, 2.45) is 0 Å². The SMILES string of the molecule is CC1CCCCN1CC(O)CBr. The van der Waals surface area contributed by atoms with Crippen LogP contribution in [0.1, 0.15) is 26.2 Å². The van der Waals surface area contributed by atoms with Crippen molar-refractivity contribution in [1.82, 2.24) is 4.90 Å². The highest BCUT2D eigenvalue weighted by Crippen LogP contribution is 2.16. The molecule has 0 radical (unpaired) electrons. The number of alkyl halides is 1. The third-order valence-electron chi connectivity index (χ3n) is 2.56. The number of rotatable bonds is 3. The second-order valence-corrected chi connectivity index (χ2v) is 4.30. The Labute approximate surface area is 83.1 Å². The molecule has 3 heteroatoms. The van der Waals surface area contributed by atoms with Crippen molar-refractivity contribution in [1.29, 1.82) is 0 Å². The van der Waals surface area contributed by atoms with Crippen molar-refractivity contribution < 1.29 is 5.11 Å². The first-order chi connectivity index (χ1) is 5.74. The summed E-state index contributed by atoms with van der Waals surface area (Å²) in [5, 5.41) is 10.1. The fraction of sp³-hybridized carbons (Fsp3) is 1.00. The minimum atomic E-state index is -0.203. The molecule has 1 aliphatic rings. The van der Waals surface area contributed by atoms with E-state index in [1.807, 2.05) is 0 Å². The van der Waals surface area contributed by atoms with E-state index in [1.54, 1.807) is 0 Å². The van der Waals surface area contributed by atoms with Crippen LogP contribution in [0, 0.1) is 0 Å². The number of aliphatic hydroxyl groups excluding tert-OH is 1. The predicted octanol–water partition coefficient (Wildman–Crippen LogP) is 1.62. The maximum absolute atomic E-state index is 9.44. The van der Waals surface area contributed by atoms with Gasteiger partial charge in [-0.15, -0.1) is 0 Å². The van der Waals surface area contributed by atoms with Gasteiger partial charge in [-0.05, 0) is 26.3 Å². The fourth-order valence-electron chi connectivity index (χ4n) is 1.75. The number of hydrogen-bond acceptors (Lipinski definition) is 2. The van der Waals surface area contributed by atoms with Gasteiger partial charge in [0.1, 0.15) is 0 Å². The van der Waals surface area contributed by atoms with Crippen molar-refractivity contribution >= 4 is 15.9 Å². The maximum atomic E-state index is 9.44. The lowest BCUT2D eigenvalue weighted by Gasteiger charge is -2.34. The van der Waals surface area contributed by atoms with Crippen LogP contribution < -0.4 is 0 Å². The molecular formula is C9H18BrNO. The lowest BCUT2D eigenvalue weighted by Crippen LogP contribution is -2.42. The van der Waals surface area contributed by atoms with Gasteiger partial charge in [0.25, 0.3) is 0 Å². The Morgan fingerprint density at radius 3 is 2.92 bits per heavy atom. The lowest BCUT2D eigenvalue weighted by atomic mass is 10.0. The quantitative estimate of drug-likeness (QED) is 0.752. The summed E-state index contributed by atoms with van der Waals surface area (Å²) in [7, 11) is 0. The summed E-state index contributed by atoms with van der Waals surface area (Å²) in [4.78, 5) is 2.38. The highest BCUT2D eigenvalue weighted by atomic mass is 79.9. The van der Waals surface area contributed by atoms with Gasteiger partial charge in [0.05, 0.1) is 6.10 Å². The molecule has 1 aliphatic heterocycles. The van der Waals surface area contributed by atoms with Gasteiger partial charge < -0.3 is 5.11 Å². The normalized spacial score (nSPS) is 28.8. The number of aliphatic hydroxyl groups is 1. The van der Waals surface area contributed by atoms with Gasteiger partial charge in [0.15, 0.2) is 0 Å². The molecule has 1 fully saturated rings. The third kappa shape index (κ3) is 3.04. The van der Waals surface area contributed by atoms with Crippen molar-refractivity contribution in [3.05, 3.63) is 0 Å². The summed E-state index contributed by atoms with van der Waals surface area (Å²) in [6.45, 7) is 4.23. The minimum Gasteiger partial charge on any atom is -0.391 e. The Kier molecular flexibility index (Phi) is 4.54. The highest BCUT2D eigenvalue weighted by Gasteiger charge is 2.19. The zero-order valence-corrected chi connectivity index (χ0v) is 9.26. The van der Waals surface area contributed by atoms with Crippen molar-refractivity contribution in [3.63, 3.8) is 0 Å². The highest BCUT2D eigenvalue weighted by molar-refractivity contribution is 9.09. The summed E-state index contributed by atoms with van der Waals surface area (Å²) in [5.41, 5.74) is 0. The van der Waals surface area contributed by atoms with E-state index in [9.17, 15) is 5.11 Å². The molecular weight excluding hydrogens is 218 g/mol. The van der Waals surface area contributed by atoms with E-state index in [0.717, 1.165) is 13.1 Å². The van der Waals surface area contributed by atoms with Gasteiger partial charge in [-0.3, -0.25) is 4.90 Å². The molecule has 0 aromatic carbocycles. The third-order valence-corrected chi connectivity index (χ3v) is 3.31. The summed E-state index contributed by atoms with van der Waals surface area (Å²) in [6, 6.07) is 0.660. The van der Waals surface area contributed by atoms with Gasteiger partial charge in [0.2, 0.25) is 0 Å². The average molecular weight is 236 g/mol. The van der Waals surface area contributed by atoms with Crippen LogP contribution in [0.25, 0.3) is 0 Å². The van der Waals surface area contributed by atoms with Crippen LogP contribution in [0.5, 0.6) is 0 Å². The van der Waals surface area contributed by atoms with Gasteiger partial charge >= 0.3 is 0 Å². The molecule has 0 aliphatic carbocycles. The molecule has 1 saturated heterocycles. The van der Waals surface area contributed by atoms with E-state index in [2.05, 4.69) is 27.8 Å². The van der Waals surface area contributed by atoms with Gasteiger partial charge in [-0.25, -0.2) is 0 Å². The Balaban J connectivity index is 2.28. The average Bonchev–Trinajstić information content (AvgIpc) is 2.09. The van der Waals surface area contributed by atoms with Crippen LogP contribution in [-0.4, -0.2) is 40.6 Å². The van der Waals surface area contributed by atoms with Crippen LogP contribution in [0.2, 0.25) is 0 Å². The molecule has 0 spiro atoms. The predicted molar refractivity (Wildman–Crippen MR) is 54.7 cm³/mol. The second kappa shape index (κ2) is 5.20. The first kappa shape index (κ1) is 10.5. The largest absolute Gasteiger partial charge is 0.391 e. The van der Waals surface area contributed by atoms with Crippen molar-refractivity contribution in [2.75, 3.05) is 18.4 Å². The van der Waals surface area contributed by atoms with E-state index in [1.165, 1.54) is 19.3 Å². The summed E-state index contributed by atoms with van der Waals surface area (Å²) in [5.74, 6) is 0. The number of hydrogen-bond donors (Lipinski definition) is 1. The van der Waals surface area contributed by atoms with E-state index >= 15 is 0 Å². The number of β-amino-alcohol motifs (C(OH)–C–C–N with tert-alkyl or cyclic N) is 1. The zero-order chi connectivity index (χ0) is 8.97. The Hall–Kier alpha value is 0.400. The van der Waals surface area contributed by atoms with Crippen molar-refractivity contribution in [3.8, 4) is 0 Å². The molecule has 1 rings (SSSR count). The topological polar surface area (TPSA) is 23.5 Å². The Bertz CT molecular complexity index is 132. The molecule has 12 heavy (non-hydrogen) atoms. The van der Waals surface area contributed by atoms with Crippen molar-refractivity contribution in [2.45, 2.75) is 38.3 Å². The first-order valence-corrected chi connectivity index (χ1v) is 5.84. The van der Waals surface area contributed by atoms with Gasteiger partial charge in [-0.1, -0.05) is 22.4 Å². The molecule has 1 heterocycles. The second-order valence-electron chi connectivity index (χ2n) is 3.65.